The number of guanidine groups is 1. The molecule has 6 heteroatoms. The number of hydrogen-bond acceptors (Lipinski definition) is 4. The summed E-state index contributed by atoms with van der Waals surface area (Å²) in [6, 6.07) is 5.95. The number of fused-ring (bicyclic) bond motifs is 1. The second-order valence-electron chi connectivity index (χ2n) is 6.44. The molecule has 0 aromatic heterocycles. The molecular formula is C19H29N3O3. The quantitative estimate of drug-likeness (QED) is 0.430. The molecule has 2 aliphatic rings. The van der Waals surface area contributed by atoms with Crippen LogP contribution in [0.4, 0.5) is 0 Å². The van der Waals surface area contributed by atoms with E-state index in [-0.39, 0.29) is 0 Å². The minimum Gasteiger partial charge on any atom is -0.454 e. The number of benzene rings is 1. The molecule has 138 valence electrons. The van der Waals surface area contributed by atoms with Gasteiger partial charge >= 0.3 is 0 Å². The van der Waals surface area contributed by atoms with Gasteiger partial charge in [-0.05, 0) is 43.9 Å². The van der Waals surface area contributed by atoms with E-state index < -0.39 is 0 Å². The first-order chi connectivity index (χ1) is 12.3. The maximum absolute atomic E-state index is 5.89. The molecule has 1 fully saturated rings. The third kappa shape index (κ3) is 5.53. The van der Waals surface area contributed by atoms with Crippen molar-refractivity contribution in [2.24, 2.45) is 4.99 Å². The van der Waals surface area contributed by atoms with Crippen LogP contribution in [0.25, 0.3) is 0 Å². The van der Waals surface area contributed by atoms with Crippen molar-refractivity contribution in [3.8, 4) is 11.5 Å². The molecule has 3 rings (SSSR count). The van der Waals surface area contributed by atoms with Gasteiger partial charge in [0, 0.05) is 19.7 Å². The average Bonchev–Trinajstić information content (AvgIpc) is 3.30. The van der Waals surface area contributed by atoms with Crippen molar-refractivity contribution < 1.29 is 14.2 Å². The maximum atomic E-state index is 5.89. The molecule has 1 aliphatic heterocycles. The van der Waals surface area contributed by atoms with Crippen molar-refractivity contribution in [3.63, 3.8) is 0 Å². The van der Waals surface area contributed by atoms with E-state index in [2.05, 4.69) is 22.5 Å². The molecule has 0 unspecified atom stereocenters. The van der Waals surface area contributed by atoms with Gasteiger partial charge < -0.3 is 24.8 Å². The van der Waals surface area contributed by atoms with Gasteiger partial charge in [-0.15, -0.1) is 0 Å². The molecule has 1 aliphatic carbocycles. The first-order valence-corrected chi connectivity index (χ1v) is 9.37. The van der Waals surface area contributed by atoms with Crippen LogP contribution in [-0.2, 0) is 11.3 Å². The van der Waals surface area contributed by atoms with E-state index in [0.717, 1.165) is 49.1 Å². The molecule has 25 heavy (non-hydrogen) atoms. The molecular weight excluding hydrogens is 318 g/mol. The van der Waals surface area contributed by atoms with E-state index in [1.807, 2.05) is 18.2 Å². The van der Waals surface area contributed by atoms with Gasteiger partial charge in [-0.2, -0.15) is 0 Å². The van der Waals surface area contributed by atoms with Gasteiger partial charge in [-0.3, -0.25) is 0 Å². The van der Waals surface area contributed by atoms with Crippen molar-refractivity contribution in [3.05, 3.63) is 23.8 Å². The molecule has 1 heterocycles. The van der Waals surface area contributed by atoms with Crippen molar-refractivity contribution in [1.29, 1.82) is 0 Å². The van der Waals surface area contributed by atoms with Crippen LogP contribution in [-0.4, -0.2) is 38.6 Å². The van der Waals surface area contributed by atoms with Gasteiger partial charge in [0.25, 0.3) is 0 Å². The second kappa shape index (κ2) is 9.51. The van der Waals surface area contributed by atoms with Gasteiger partial charge in [0.15, 0.2) is 17.5 Å². The molecule has 1 saturated carbocycles. The summed E-state index contributed by atoms with van der Waals surface area (Å²) in [5.74, 6) is 2.44. The lowest BCUT2D eigenvalue weighted by molar-refractivity contribution is 0.0574. The van der Waals surface area contributed by atoms with Crippen LogP contribution >= 0.6 is 0 Å². The molecule has 0 amide bonds. The van der Waals surface area contributed by atoms with E-state index >= 15 is 0 Å². The zero-order valence-corrected chi connectivity index (χ0v) is 15.1. The molecule has 0 bridgehead atoms. The Morgan fingerprint density at radius 2 is 2.04 bits per heavy atom. The molecule has 6 nitrogen and oxygen atoms in total. The number of nitrogens with one attached hydrogen (secondary N) is 2. The van der Waals surface area contributed by atoms with E-state index in [9.17, 15) is 0 Å². The standard InChI is InChI=1S/C19H29N3O3/c1-2-20-19(21-10-5-11-23-16-6-3-4-7-16)22-13-15-8-9-17-18(12-15)25-14-24-17/h8-9,12,16H,2-7,10-11,13-14H2,1H3,(H2,20,21,22). The highest BCUT2D eigenvalue weighted by molar-refractivity contribution is 5.79. The van der Waals surface area contributed by atoms with Crippen LogP contribution in [0.2, 0.25) is 0 Å². The topological polar surface area (TPSA) is 64.1 Å². The molecule has 1 aromatic rings. The lowest BCUT2D eigenvalue weighted by Gasteiger charge is -2.13. The molecule has 1 aromatic carbocycles. The van der Waals surface area contributed by atoms with Crippen LogP contribution in [0, 0.1) is 0 Å². The van der Waals surface area contributed by atoms with Gasteiger partial charge in [-0.25, -0.2) is 4.99 Å². The highest BCUT2D eigenvalue weighted by Crippen LogP contribution is 2.32. The van der Waals surface area contributed by atoms with E-state index in [1.54, 1.807) is 0 Å². The van der Waals surface area contributed by atoms with Gasteiger partial charge in [0.1, 0.15) is 0 Å². The second-order valence-corrected chi connectivity index (χ2v) is 6.44. The van der Waals surface area contributed by atoms with Crippen LogP contribution < -0.4 is 20.1 Å². The summed E-state index contributed by atoms with van der Waals surface area (Å²) < 4.78 is 16.6. The number of rotatable bonds is 8. The zero-order chi connectivity index (χ0) is 17.3. The van der Waals surface area contributed by atoms with Gasteiger partial charge in [0.05, 0.1) is 12.6 Å². The zero-order valence-electron chi connectivity index (χ0n) is 15.1. The molecule has 0 spiro atoms. The summed E-state index contributed by atoms with van der Waals surface area (Å²) in [6.07, 6.45) is 6.58. The minimum atomic E-state index is 0.301. The van der Waals surface area contributed by atoms with Crippen LogP contribution in [0.3, 0.4) is 0 Å². The Kier molecular flexibility index (Phi) is 6.79. The Bertz CT molecular complexity index is 571. The predicted molar refractivity (Wildman–Crippen MR) is 98.2 cm³/mol. The number of nitrogens with zero attached hydrogens (tertiary/aromatic N) is 1. The maximum Gasteiger partial charge on any atom is 0.231 e. The summed E-state index contributed by atoms with van der Waals surface area (Å²) in [5.41, 5.74) is 1.10. The first-order valence-electron chi connectivity index (χ1n) is 9.37. The number of ether oxygens (including phenoxy) is 3. The van der Waals surface area contributed by atoms with E-state index in [4.69, 9.17) is 14.2 Å². The number of aliphatic imine (C=N–C) groups is 1. The third-order valence-electron chi connectivity index (χ3n) is 4.47. The lowest BCUT2D eigenvalue weighted by atomic mass is 10.2. The molecule has 0 atom stereocenters. The lowest BCUT2D eigenvalue weighted by Crippen LogP contribution is -2.38. The normalized spacial score (nSPS) is 17.1. The van der Waals surface area contributed by atoms with E-state index in [1.165, 1.54) is 25.7 Å². The molecule has 0 saturated heterocycles. The van der Waals surface area contributed by atoms with Crippen LogP contribution in [0.15, 0.2) is 23.2 Å². The summed E-state index contributed by atoms with van der Waals surface area (Å²) in [7, 11) is 0. The summed E-state index contributed by atoms with van der Waals surface area (Å²) >= 11 is 0. The summed E-state index contributed by atoms with van der Waals surface area (Å²) in [5, 5.41) is 6.65. The fraction of sp³-hybridized carbons (Fsp3) is 0.632. The van der Waals surface area contributed by atoms with Gasteiger partial charge in [0.2, 0.25) is 6.79 Å². The smallest absolute Gasteiger partial charge is 0.231 e. The van der Waals surface area contributed by atoms with Crippen LogP contribution in [0.5, 0.6) is 11.5 Å². The van der Waals surface area contributed by atoms with Gasteiger partial charge in [-0.1, -0.05) is 18.9 Å². The highest BCUT2D eigenvalue weighted by atomic mass is 16.7. The van der Waals surface area contributed by atoms with Crippen molar-refractivity contribution in [2.75, 3.05) is 26.5 Å². The third-order valence-corrected chi connectivity index (χ3v) is 4.47. The highest BCUT2D eigenvalue weighted by Gasteiger charge is 2.15. The monoisotopic (exact) mass is 347 g/mol. The number of hydrogen-bond donors (Lipinski definition) is 2. The average molecular weight is 347 g/mol. The summed E-state index contributed by atoms with van der Waals surface area (Å²) in [4.78, 5) is 4.64. The minimum absolute atomic E-state index is 0.301. The Morgan fingerprint density at radius 1 is 1.20 bits per heavy atom. The van der Waals surface area contributed by atoms with Crippen molar-refractivity contribution in [2.45, 2.75) is 51.7 Å². The Hall–Kier alpha value is -1.95. The first kappa shape index (κ1) is 17.9. The fourth-order valence-electron chi connectivity index (χ4n) is 3.14. The molecule has 2 N–H and O–H groups in total. The Balaban J connectivity index is 1.41. The Labute approximate surface area is 149 Å². The summed E-state index contributed by atoms with van der Waals surface area (Å²) in [6.45, 7) is 5.49. The van der Waals surface area contributed by atoms with Crippen molar-refractivity contribution in [1.82, 2.24) is 10.6 Å². The van der Waals surface area contributed by atoms with Crippen LogP contribution in [0.1, 0.15) is 44.6 Å². The SMILES string of the molecule is CCNC(=NCc1ccc2c(c1)OCO2)NCCCOC1CCCC1. The van der Waals surface area contributed by atoms with E-state index in [0.29, 0.717) is 19.4 Å². The fourth-order valence-corrected chi connectivity index (χ4v) is 3.14. The van der Waals surface area contributed by atoms with Crippen molar-refractivity contribution >= 4 is 5.96 Å². The predicted octanol–water partition coefficient (Wildman–Crippen LogP) is 2.82. The largest absolute Gasteiger partial charge is 0.454 e. The Morgan fingerprint density at radius 3 is 2.88 bits per heavy atom. The molecule has 0 radical (unpaired) electrons.